The highest BCUT2D eigenvalue weighted by Gasteiger charge is 2.42. The first-order chi connectivity index (χ1) is 9.48. The van der Waals surface area contributed by atoms with E-state index in [1.165, 1.54) is 37.7 Å². The van der Waals surface area contributed by atoms with Gasteiger partial charge in [-0.15, -0.1) is 6.58 Å². The number of fused-ring (bicyclic) bond motifs is 1. The van der Waals surface area contributed by atoms with E-state index >= 15 is 0 Å². The van der Waals surface area contributed by atoms with Crippen LogP contribution in [0.15, 0.2) is 23.8 Å². The molecule has 0 bridgehead atoms. The predicted molar refractivity (Wildman–Crippen MR) is 86.6 cm³/mol. The first-order valence-corrected chi connectivity index (χ1v) is 8.43. The third-order valence-electron chi connectivity index (χ3n) is 5.84. The number of hydrogen-bond acceptors (Lipinski definition) is 1. The minimum absolute atomic E-state index is 0.366. The zero-order valence-electron chi connectivity index (χ0n) is 13.6. The van der Waals surface area contributed by atoms with Crippen molar-refractivity contribution in [1.29, 1.82) is 0 Å². The molecule has 114 valence electrons. The highest BCUT2D eigenvalue weighted by Crippen LogP contribution is 2.53. The van der Waals surface area contributed by atoms with Gasteiger partial charge in [0.15, 0.2) is 0 Å². The average molecular weight is 276 g/mol. The lowest BCUT2D eigenvalue weighted by atomic mass is 9.57. The van der Waals surface area contributed by atoms with Gasteiger partial charge in [0.25, 0.3) is 0 Å². The molecule has 0 aromatic rings. The first kappa shape index (κ1) is 15.8. The Labute approximate surface area is 125 Å². The van der Waals surface area contributed by atoms with E-state index in [2.05, 4.69) is 33.4 Å². The second kappa shape index (κ2) is 6.47. The van der Waals surface area contributed by atoms with E-state index in [0.29, 0.717) is 29.8 Å². The van der Waals surface area contributed by atoms with E-state index in [1.54, 1.807) is 5.57 Å². The van der Waals surface area contributed by atoms with E-state index in [-0.39, 0.29) is 0 Å². The van der Waals surface area contributed by atoms with Crippen molar-refractivity contribution >= 4 is 0 Å². The monoisotopic (exact) mass is 276 g/mol. The standard InChI is InChI=1S/C19H32O/c1-14(2)7-5-11-19(4)12-6-8-16-17(13-20)15(3)9-10-18(16)19/h10,15-17,20H,1,5-9,11-13H2,2-4H3/t15-,16+,17+,19+/m0/s1. The van der Waals surface area contributed by atoms with Crippen LogP contribution in [0.25, 0.3) is 0 Å². The van der Waals surface area contributed by atoms with Crippen LogP contribution in [-0.4, -0.2) is 11.7 Å². The maximum atomic E-state index is 9.78. The highest BCUT2D eigenvalue weighted by atomic mass is 16.3. The van der Waals surface area contributed by atoms with Crippen molar-refractivity contribution in [2.24, 2.45) is 23.2 Å². The summed E-state index contributed by atoms with van der Waals surface area (Å²) >= 11 is 0. The summed E-state index contributed by atoms with van der Waals surface area (Å²) in [6.07, 6.45) is 11.3. The van der Waals surface area contributed by atoms with Crippen LogP contribution in [0.3, 0.4) is 0 Å². The molecule has 0 aromatic carbocycles. The molecule has 0 aromatic heterocycles. The maximum Gasteiger partial charge on any atom is 0.0467 e. The molecule has 20 heavy (non-hydrogen) atoms. The van der Waals surface area contributed by atoms with Gasteiger partial charge in [-0.05, 0) is 68.6 Å². The molecular weight excluding hydrogens is 244 g/mol. The Kier molecular flexibility index (Phi) is 5.12. The van der Waals surface area contributed by atoms with E-state index in [9.17, 15) is 5.11 Å². The van der Waals surface area contributed by atoms with Crippen LogP contribution >= 0.6 is 0 Å². The summed E-state index contributed by atoms with van der Waals surface area (Å²) in [5.74, 6) is 1.79. The molecule has 1 fully saturated rings. The van der Waals surface area contributed by atoms with Gasteiger partial charge in [-0.1, -0.05) is 37.5 Å². The Bertz CT molecular complexity index is 381. The van der Waals surface area contributed by atoms with Crippen molar-refractivity contribution in [2.75, 3.05) is 6.61 Å². The van der Waals surface area contributed by atoms with Crippen LogP contribution in [0.1, 0.15) is 65.7 Å². The first-order valence-electron chi connectivity index (χ1n) is 8.43. The van der Waals surface area contributed by atoms with Crippen LogP contribution in [0.5, 0.6) is 0 Å². The van der Waals surface area contributed by atoms with Gasteiger partial charge < -0.3 is 5.11 Å². The van der Waals surface area contributed by atoms with Crippen LogP contribution in [0, 0.1) is 23.2 Å². The molecule has 0 radical (unpaired) electrons. The average Bonchev–Trinajstić information content (AvgIpc) is 2.38. The zero-order valence-corrected chi connectivity index (χ0v) is 13.6. The minimum Gasteiger partial charge on any atom is -0.396 e. The number of aliphatic hydroxyl groups is 1. The van der Waals surface area contributed by atoms with E-state index in [4.69, 9.17) is 0 Å². The predicted octanol–water partition coefficient (Wildman–Crippen LogP) is 5.11. The Morgan fingerprint density at radius 1 is 1.50 bits per heavy atom. The fourth-order valence-corrected chi connectivity index (χ4v) is 4.54. The van der Waals surface area contributed by atoms with Crippen LogP contribution in [0.2, 0.25) is 0 Å². The molecule has 2 aliphatic rings. The second-order valence-corrected chi connectivity index (χ2v) is 7.59. The Hall–Kier alpha value is -0.560. The zero-order chi connectivity index (χ0) is 14.8. The molecule has 0 unspecified atom stereocenters. The van der Waals surface area contributed by atoms with Crippen molar-refractivity contribution in [1.82, 2.24) is 0 Å². The Morgan fingerprint density at radius 2 is 2.25 bits per heavy atom. The smallest absolute Gasteiger partial charge is 0.0467 e. The van der Waals surface area contributed by atoms with Gasteiger partial charge in [0, 0.05) is 6.61 Å². The number of aliphatic hydroxyl groups excluding tert-OH is 1. The molecule has 0 heterocycles. The largest absolute Gasteiger partial charge is 0.396 e. The number of hydrogen-bond donors (Lipinski definition) is 1. The summed E-state index contributed by atoms with van der Waals surface area (Å²) in [6.45, 7) is 11.3. The summed E-state index contributed by atoms with van der Waals surface area (Å²) in [4.78, 5) is 0. The molecule has 4 atom stereocenters. The van der Waals surface area contributed by atoms with Gasteiger partial charge in [0.05, 0.1) is 0 Å². The van der Waals surface area contributed by atoms with E-state index in [1.807, 2.05) is 0 Å². The summed E-state index contributed by atoms with van der Waals surface area (Å²) in [7, 11) is 0. The summed E-state index contributed by atoms with van der Waals surface area (Å²) in [5.41, 5.74) is 3.37. The maximum absolute atomic E-state index is 9.78. The van der Waals surface area contributed by atoms with Gasteiger partial charge in [0.1, 0.15) is 0 Å². The van der Waals surface area contributed by atoms with Crippen molar-refractivity contribution in [3.63, 3.8) is 0 Å². The van der Waals surface area contributed by atoms with Crippen molar-refractivity contribution in [2.45, 2.75) is 65.7 Å². The third-order valence-corrected chi connectivity index (χ3v) is 5.84. The molecule has 0 spiro atoms. The van der Waals surface area contributed by atoms with Crippen LogP contribution < -0.4 is 0 Å². The topological polar surface area (TPSA) is 20.2 Å². The fourth-order valence-electron chi connectivity index (χ4n) is 4.54. The van der Waals surface area contributed by atoms with Gasteiger partial charge in [-0.25, -0.2) is 0 Å². The van der Waals surface area contributed by atoms with Gasteiger partial charge >= 0.3 is 0 Å². The van der Waals surface area contributed by atoms with E-state index < -0.39 is 0 Å². The highest BCUT2D eigenvalue weighted by molar-refractivity contribution is 5.23. The SMILES string of the molecule is C=C(C)CCC[C@]1(C)CCC[C@H]2C1=CC[C@H](C)[C@H]2CO. The molecule has 1 saturated carbocycles. The fraction of sp³-hybridized carbons (Fsp3) is 0.789. The van der Waals surface area contributed by atoms with Gasteiger partial charge in [-0.2, -0.15) is 0 Å². The lowest BCUT2D eigenvalue weighted by molar-refractivity contribution is 0.0911. The molecular formula is C19H32O. The molecule has 2 rings (SSSR count). The van der Waals surface area contributed by atoms with Crippen molar-refractivity contribution < 1.29 is 5.11 Å². The van der Waals surface area contributed by atoms with E-state index in [0.717, 1.165) is 12.8 Å². The second-order valence-electron chi connectivity index (χ2n) is 7.59. The van der Waals surface area contributed by atoms with Gasteiger partial charge in [0.2, 0.25) is 0 Å². The quantitative estimate of drug-likeness (QED) is 0.691. The number of allylic oxidation sites excluding steroid dienone is 3. The Balaban J connectivity index is 2.12. The minimum atomic E-state index is 0.366. The van der Waals surface area contributed by atoms with Crippen LogP contribution in [-0.2, 0) is 0 Å². The molecule has 0 aliphatic heterocycles. The van der Waals surface area contributed by atoms with Crippen molar-refractivity contribution in [3.05, 3.63) is 23.8 Å². The molecule has 0 saturated heterocycles. The molecule has 2 aliphatic carbocycles. The summed E-state index contributed by atoms with van der Waals surface area (Å²) in [5, 5.41) is 9.78. The van der Waals surface area contributed by atoms with Crippen molar-refractivity contribution in [3.8, 4) is 0 Å². The lowest BCUT2D eigenvalue weighted by Gasteiger charge is -2.48. The third kappa shape index (κ3) is 3.19. The van der Waals surface area contributed by atoms with Crippen LogP contribution in [0.4, 0.5) is 0 Å². The molecule has 1 N–H and O–H groups in total. The number of rotatable bonds is 5. The summed E-state index contributed by atoms with van der Waals surface area (Å²) < 4.78 is 0. The van der Waals surface area contributed by atoms with Gasteiger partial charge in [-0.3, -0.25) is 0 Å². The summed E-state index contributed by atoms with van der Waals surface area (Å²) in [6, 6.07) is 0. The normalized spacial score (nSPS) is 37.2. The lowest BCUT2D eigenvalue weighted by Crippen LogP contribution is -2.39. The molecule has 0 amide bonds. The molecule has 1 nitrogen and oxygen atoms in total. The Morgan fingerprint density at radius 3 is 2.90 bits per heavy atom. The molecule has 1 heteroatoms.